The standard InChI is InChI=1S/C28H34N2O4/c1-17(2)13-30(14-18(3)4)16-23-25(31)10-8-21-27(32)26(34-28(21)23)11-19-15-29(5)24-9-7-20(33-6)12-22(19)24/h7-12,15,17-18,31H,13-14,16H2,1-6H3/b26-11-. The lowest BCUT2D eigenvalue weighted by Crippen LogP contribution is -3.11. The molecule has 2 aromatic carbocycles. The summed E-state index contributed by atoms with van der Waals surface area (Å²) in [5, 5.41) is 13.8. The summed E-state index contributed by atoms with van der Waals surface area (Å²) in [6.07, 6.45) is 3.74. The van der Waals surface area contributed by atoms with Crippen LogP contribution < -0.4 is 19.5 Å². The molecule has 0 fully saturated rings. The summed E-state index contributed by atoms with van der Waals surface area (Å²) >= 11 is 0. The van der Waals surface area contributed by atoms with Crippen molar-refractivity contribution in [2.24, 2.45) is 18.9 Å². The zero-order valence-electron chi connectivity index (χ0n) is 20.9. The van der Waals surface area contributed by atoms with Crippen LogP contribution >= 0.6 is 0 Å². The van der Waals surface area contributed by atoms with E-state index in [1.165, 1.54) is 11.0 Å². The fraction of sp³-hybridized carbons (Fsp3) is 0.393. The van der Waals surface area contributed by atoms with Crippen molar-refractivity contribution in [2.75, 3.05) is 20.2 Å². The van der Waals surface area contributed by atoms with E-state index in [1.807, 2.05) is 36.0 Å². The van der Waals surface area contributed by atoms with E-state index >= 15 is 0 Å². The highest BCUT2D eigenvalue weighted by Crippen LogP contribution is 2.39. The Bertz CT molecular complexity index is 1240. The zero-order valence-corrected chi connectivity index (χ0v) is 20.9. The summed E-state index contributed by atoms with van der Waals surface area (Å²) in [5.41, 5.74) is 2.94. The predicted octanol–water partition coefficient (Wildman–Crippen LogP) is 3.57. The molecule has 2 heterocycles. The number of hydrogen-bond acceptors (Lipinski definition) is 4. The average molecular weight is 463 g/mol. The number of Topliss-reactive ketones (excluding diaryl/α,β-unsaturated/α-hetero) is 1. The maximum atomic E-state index is 13.2. The van der Waals surface area contributed by atoms with Crippen molar-refractivity contribution in [3.8, 4) is 17.2 Å². The van der Waals surface area contributed by atoms with E-state index in [4.69, 9.17) is 9.47 Å². The quantitative estimate of drug-likeness (QED) is 0.520. The molecule has 1 aliphatic rings. The predicted molar refractivity (Wildman–Crippen MR) is 132 cm³/mol. The number of fused-ring (bicyclic) bond motifs is 2. The SMILES string of the molecule is COc1ccc2c(c1)c(/C=C1\Oc3c(ccc([O-])c3C[NH+](CC(C)C)CC(C)C)C1=O)cn2C. The van der Waals surface area contributed by atoms with Crippen LogP contribution in [0.25, 0.3) is 17.0 Å². The number of methoxy groups -OCH3 is 1. The largest absolute Gasteiger partial charge is 0.872 e. The highest BCUT2D eigenvalue weighted by molar-refractivity contribution is 6.15. The molecular formula is C28H34N2O4. The second kappa shape index (κ2) is 9.55. The first kappa shape index (κ1) is 23.9. The summed E-state index contributed by atoms with van der Waals surface area (Å²) in [6, 6.07) is 8.96. The summed E-state index contributed by atoms with van der Waals surface area (Å²) in [6.45, 7) is 11.2. The van der Waals surface area contributed by atoms with Crippen LogP contribution in [0, 0.1) is 11.8 Å². The van der Waals surface area contributed by atoms with E-state index in [2.05, 4.69) is 27.7 Å². The Morgan fingerprint density at radius 1 is 1.12 bits per heavy atom. The summed E-state index contributed by atoms with van der Waals surface area (Å²) < 4.78 is 13.5. The number of benzene rings is 2. The van der Waals surface area contributed by atoms with Gasteiger partial charge in [-0.2, -0.15) is 0 Å². The number of nitrogens with zero attached hydrogens (tertiary/aromatic N) is 1. The van der Waals surface area contributed by atoms with Gasteiger partial charge in [0, 0.05) is 47.1 Å². The lowest BCUT2D eigenvalue weighted by atomic mass is 10.0. The smallest absolute Gasteiger partial charge is 0.231 e. The Balaban J connectivity index is 1.71. The highest BCUT2D eigenvalue weighted by atomic mass is 16.5. The number of rotatable bonds is 8. The molecule has 0 saturated heterocycles. The number of aromatic nitrogens is 1. The zero-order chi connectivity index (χ0) is 24.6. The van der Waals surface area contributed by atoms with E-state index in [-0.39, 0.29) is 17.3 Å². The van der Waals surface area contributed by atoms with Crippen molar-refractivity contribution >= 4 is 22.8 Å². The molecular weight excluding hydrogens is 428 g/mol. The van der Waals surface area contributed by atoms with Gasteiger partial charge in [0.05, 0.1) is 25.8 Å². The summed E-state index contributed by atoms with van der Waals surface area (Å²) in [7, 11) is 3.60. The summed E-state index contributed by atoms with van der Waals surface area (Å²) in [4.78, 5) is 14.6. The Hall–Kier alpha value is -3.25. The molecule has 0 unspecified atom stereocenters. The van der Waals surface area contributed by atoms with Crippen LogP contribution in [0.4, 0.5) is 0 Å². The van der Waals surface area contributed by atoms with Crippen LogP contribution in [0.15, 0.2) is 42.3 Å². The Labute approximate surface area is 201 Å². The number of aryl methyl sites for hydroxylation is 1. The van der Waals surface area contributed by atoms with E-state index < -0.39 is 0 Å². The molecule has 6 heteroatoms. The fourth-order valence-corrected chi connectivity index (χ4v) is 4.87. The van der Waals surface area contributed by atoms with Crippen molar-refractivity contribution in [1.29, 1.82) is 0 Å². The van der Waals surface area contributed by atoms with Gasteiger partial charge in [-0.15, -0.1) is 0 Å². The van der Waals surface area contributed by atoms with Gasteiger partial charge in [-0.1, -0.05) is 39.5 Å². The first-order chi connectivity index (χ1) is 16.2. The topological polar surface area (TPSA) is 68.0 Å². The number of hydrogen-bond donors (Lipinski definition) is 1. The van der Waals surface area contributed by atoms with Gasteiger partial charge >= 0.3 is 0 Å². The third kappa shape index (κ3) is 4.68. The molecule has 1 N–H and O–H groups in total. The van der Waals surface area contributed by atoms with Crippen molar-refractivity contribution in [3.05, 3.63) is 59.0 Å². The molecule has 34 heavy (non-hydrogen) atoms. The molecule has 1 aliphatic heterocycles. The lowest BCUT2D eigenvalue weighted by molar-refractivity contribution is -0.919. The fourth-order valence-electron chi connectivity index (χ4n) is 4.87. The molecule has 6 nitrogen and oxygen atoms in total. The molecule has 0 aliphatic carbocycles. The van der Waals surface area contributed by atoms with Crippen LogP contribution in [0.2, 0.25) is 0 Å². The van der Waals surface area contributed by atoms with E-state index in [9.17, 15) is 9.90 Å². The van der Waals surface area contributed by atoms with Crippen LogP contribution in [0.3, 0.4) is 0 Å². The molecule has 0 bridgehead atoms. The number of quaternary nitrogens is 1. The Morgan fingerprint density at radius 2 is 1.82 bits per heavy atom. The van der Waals surface area contributed by atoms with Crippen LogP contribution in [-0.2, 0) is 13.6 Å². The van der Waals surface area contributed by atoms with Gasteiger partial charge in [-0.05, 0) is 30.3 Å². The third-order valence-corrected chi connectivity index (χ3v) is 6.23. The van der Waals surface area contributed by atoms with Gasteiger partial charge in [-0.25, -0.2) is 0 Å². The lowest BCUT2D eigenvalue weighted by Gasteiger charge is -2.26. The second-order valence-corrected chi connectivity index (χ2v) is 10.1. The monoisotopic (exact) mass is 462 g/mol. The molecule has 3 aromatic rings. The van der Waals surface area contributed by atoms with Gasteiger partial charge in [0.25, 0.3) is 0 Å². The number of ketones is 1. The molecule has 0 spiro atoms. The van der Waals surface area contributed by atoms with Crippen molar-refractivity contribution in [1.82, 2.24) is 4.57 Å². The number of nitrogens with one attached hydrogen (secondary N) is 1. The van der Waals surface area contributed by atoms with Gasteiger partial charge in [0.15, 0.2) is 5.76 Å². The van der Waals surface area contributed by atoms with Crippen molar-refractivity contribution < 1.29 is 24.3 Å². The second-order valence-electron chi connectivity index (χ2n) is 10.1. The first-order valence-electron chi connectivity index (χ1n) is 11.9. The molecule has 180 valence electrons. The maximum Gasteiger partial charge on any atom is 0.231 e. The number of carbonyl (C=O) groups is 1. The minimum atomic E-state index is -0.189. The van der Waals surface area contributed by atoms with Crippen molar-refractivity contribution in [3.63, 3.8) is 0 Å². The molecule has 0 radical (unpaired) electrons. The van der Waals surface area contributed by atoms with Crippen molar-refractivity contribution in [2.45, 2.75) is 34.2 Å². The molecule has 0 saturated carbocycles. The van der Waals surface area contributed by atoms with Gasteiger partial charge < -0.3 is 24.0 Å². The van der Waals surface area contributed by atoms with Crippen LogP contribution in [0.5, 0.6) is 17.2 Å². The maximum absolute atomic E-state index is 13.2. The first-order valence-corrected chi connectivity index (χ1v) is 11.9. The van der Waals surface area contributed by atoms with Gasteiger partial charge in [0.1, 0.15) is 18.0 Å². The van der Waals surface area contributed by atoms with Crippen LogP contribution in [-0.4, -0.2) is 30.5 Å². The third-order valence-electron chi connectivity index (χ3n) is 6.23. The van der Waals surface area contributed by atoms with Crippen LogP contribution in [0.1, 0.15) is 49.2 Å². The normalized spacial score (nSPS) is 14.6. The minimum Gasteiger partial charge on any atom is -0.872 e. The van der Waals surface area contributed by atoms with Gasteiger partial charge in [-0.3, -0.25) is 4.79 Å². The Morgan fingerprint density at radius 3 is 2.47 bits per heavy atom. The number of ether oxygens (including phenoxy) is 2. The van der Waals surface area contributed by atoms with E-state index in [0.717, 1.165) is 35.3 Å². The molecule has 4 rings (SSSR count). The van der Waals surface area contributed by atoms with Gasteiger partial charge in [0.2, 0.25) is 5.78 Å². The van der Waals surface area contributed by atoms with E-state index in [1.54, 1.807) is 19.3 Å². The highest BCUT2D eigenvalue weighted by Gasteiger charge is 2.31. The molecule has 1 aromatic heterocycles. The minimum absolute atomic E-state index is 0.0762. The average Bonchev–Trinajstić information content (AvgIpc) is 3.25. The Kier molecular flexibility index (Phi) is 6.71. The number of allylic oxidation sites excluding steroid dienone is 1. The molecule has 0 amide bonds. The number of carbonyl (C=O) groups excluding carboxylic acids is 1. The molecule has 0 atom stereocenters. The van der Waals surface area contributed by atoms with E-state index in [0.29, 0.717) is 35.3 Å². The summed E-state index contributed by atoms with van der Waals surface area (Å²) in [5.74, 6) is 2.15.